The average Bonchev–Trinajstić information content (AvgIpc) is 2.35. The minimum Gasteiger partial charge on any atom is -0.356 e. The minimum atomic E-state index is -0.644. The molecular formula is C12H24O3S. The van der Waals surface area contributed by atoms with E-state index in [0.717, 1.165) is 25.0 Å². The van der Waals surface area contributed by atoms with Crippen molar-refractivity contribution >= 4 is 10.8 Å². The van der Waals surface area contributed by atoms with Gasteiger partial charge in [-0.3, -0.25) is 4.21 Å². The summed E-state index contributed by atoms with van der Waals surface area (Å²) < 4.78 is 22.3. The predicted octanol–water partition coefficient (Wildman–Crippen LogP) is 2.47. The van der Waals surface area contributed by atoms with Crippen LogP contribution in [0.4, 0.5) is 0 Å². The Morgan fingerprint density at radius 3 is 2.62 bits per heavy atom. The Hall–Kier alpha value is 0.0700. The van der Waals surface area contributed by atoms with Crippen molar-refractivity contribution in [1.82, 2.24) is 0 Å². The Morgan fingerprint density at radius 2 is 2.00 bits per heavy atom. The van der Waals surface area contributed by atoms with Gasteiger partial charge in [0, 0.05) is 28.9 Å². The molecule has 0 aliphatic heterocycles. The lowest BCUT2D eigenvalue weighted by Crippen LogP contribution is -2.22. The van der Waals surface area contributed by atoms with Crippen molar-refractivity contribution in [3.05, 3.63) is 0 Å². The lowest BCUT2D eigenvalue weighted by atomic mass is 10.0. The second kappa shape index (κ2) is 8.20. The molecule has 1 aliphatic rings. The van der Waals surface area contributed by atoms with Gasteiger partial charge in [0.1, 0.15) is 0 Å². The summed E-state index contributed by atoms with van der Waals surface area (Å²) in [5.41, 5.74) is 0. The van der Waals surface area contributed by atoms with Crippen molar-refractivity contribution in [3.63, 3.8) is 0 Å². The fraction of sp³-hybridized carbons (Fsp3) is 1.00. The molecule has 0 bridgehead atoms. The van der Waals surface area contributed by atoms with E-state index in [1.54, 1.807) is 7.11 Å². The Morgan fingerprint density at radius 1 is 1.31 bits per heavy atom. The van der Waals surface area contributed by atoms with Crippen LogP contribution in [0.15, 0.2) is 0 Å². The molecule has 0 N–H and O–H groups in total. The first-order valence-electron chi connectivity index (χ1n) is 6.25. The smallest absolute Gasteiger partial charge is 0.154 e. The largest absolute Gasteiger partial charge is 0.356 e. The average molecular weight is 248 g/mol. The van der Waals surface area contributed by atoms with Crippen LogP contribution < -0.4 is 0 Å². The summed E-state index contributed by atoms with van der Waals surface area (Å²) in [4.78, 5) is 0. The fourth-order valence-corrected chi connectivity index (χ4v) is 3.61. The zero-order valence-electron chi connectivity index (χ0n) is 10.4. The van der Waals surface area contributed by atoms with E-state index in [9.17, 15) is 4.21 Å². The van der Waals surface area contributed by atoms with Crippen molar-refractivity contribution in [1.29, 1.82) is 0 Å². The van der Waals surface area contributed by atoms with Gasteiger partial charge < -0.3 is 9.47 Å². The van der Waals surface area contributed by atoms with Gasteiger partial charge in [-0.05, 0) is 26.2 Å². The summed E-state index contributed by atoms with van der Waals surface area (Å²) in [5.74, 6) is 0.779. The topological polar surface area (TPSA) is 35.5 Å². The van der Waals surface area contributed by atoms with Gasteiger partial charge in [0.05, 0.1) is 6.61 Å². The Balaban J connectivity index is 2.05. The fourth-order valence-electron chi connectivity index (χ4n) is 2.01. The first kappa shape index (κ1) is 14.1. The highest BCUT2D eigenvalue weighted by Crippen LogP contribution is 2.22. The van der Waals surface area contributed by atoms with Crippen LogP contribution in [0.3, 0.4) is 0 Å². The summed E-state index contributed by atoms with van der Waals surface area (Å²) in [6.07, 6.45) is 6.87. The molecule has 0 radical (unpaired) electrons. The van der Waals surface area contributed by atoms with E-state index in [1.807, 2.05) is 6.92 Å². The van der Waals surface area contributed by atoms with Gasteiger partial charge in [-0.1, -0.05) is 19.3 Å². The van der Waals surface area contributed by atoms with Gasteiger partial charge in [0.2, 0.25) is 0 Å². The molecule has 0 aromatic rings. The standard InChI is InChI=1S/C12H24O3S/c1-11(14-2)15-9-6-10-16(13)12-7-4-3-5-8-12/h11-12H,3-10H2,1-2H3. The normalized spacial score (nSPS) is 21.9. The molecular weight excluding hydrogens is 224 g/mol. The molecule has 0 heterocycles. The van der Waals surface area contributed by atoms with Gasteiger partial charge in [0.15, 0.2) is 6.29 Å². The van der Waals surface area contributed by atoms with Gasteiger partial charge in [-0.15, -0.1) is 0 Å². The summed E-state index contributed by atoms with van der Waals surface area (Å²) in [5, 5.41) is 0.452. The first-order valence-corrected chi connectivity index (χ1v) is 7.64. The zero-order chi connectivity index (χ0) is 11.8. The van der Waals surface area contributed by atoms with Crippen molar-refractivity contribution in [3.8, 4) is 0 Å². The van der Waals surface area contributed by atoms with Gasteiger partial charge in [-0.25, -0.2) is 0 Å². The molecule has 3 nitrogen and oxygen atoms in total. The third-order valence-corrected chi connectivity index (χ3v) is 5.00. The third kappa shape index (κ3) is 5.41. The van der Waals surface area contributed by atoms with Crippen LogP contribution in [0.2, 0.25) is 0 Å². The van der Waals surface area contributed by atoms with Crippen LogP contribution in [-0.4, -0.2) is 35.2 Å². The second-order valence-electron chi connectivity index (χ2n) is 4.37. The molecule has 96 valence electrons. The maximum atomic E-state index is 11.9. The molecule has 0 aromatic carbocycles. The SMILES string of the molecule is COC(C)OCCCS(=O)C1CCCCC1. The maximum absolute atomic E-state index is 11.9. The number of hydrogen-bond donors (Lipinski definition) is 0. The molecule has 0 saturated heterocycles. The summed E-state index contributed by atoms with van der Waals surface area (Å²) in [6, 6.07) is 0. The van der Waals surface area contributed by atoms with E-state index < -0.39 is 10.8 Å². The highest BCUT2D eigenvalue weighted by molar-refractivity contribution is 7.85. The van der Waals surface area contributed by atoms with Crippen molar-refractivity contribution in [2.24, 2.45) is 0 Å². The van der Waals surface area contributed by atoms with E-state index in [-0.39, 0.29) is 6.29 Å². The number of ether oxygens (including phenoxy) is 2. The Bertz CT molecular complexity index is 202. The van der Waals surface area contributed by atoms with E-state index in [2.05, 4.69) is 0 Å². The van der Waals surface area contributed by atoms with Gasteiger partial charge in [0.25, 0.3) is 0 Å². The molecule has 1 saturated carbocycles. The Labute approximate surface area is 101 Å². The maximum Gasteiger partial charge on any atom is 0.154 e. The van der Waals surface area contributed by atoms with Crippen molar-refractivity contribution < 1.29 is 13.7 Å². The molecule has 2 unspecified atom stereocenters. The molecule has 4 heteroatoms. The van der Waals surface area contributed by atoms with Crippen LogP contribution in [0.25, 0.3) is 0 Å². The van der Waals surface area contributed by atoms with E-state index in [1.165, 1.54) is 19.3 Å². The second-order valence-corrected chi connectivity index (χ2v) is 6.21. The van der Waals surface area contributed by atoms with Gasteiger partial charge in [-0.2, -0.15) is 0 Å². The van der Waals surface area contributed by atoms with Crippen LogP contribution >= 0.6 is 0 Å². The molecule has 2 atom stereocenters. The molecule has 1 aliphatic carbocycles. The number of methoxy groups -OCH3 is 1. The molecule has 0 amide bonds. The van der Waals surface area contributed by atoms with Gasteiger partial charge >= 0.3 is 0 Å². The zero-order valence-corrected chi connectivity index (χ0v) is 11.3. The van der Waals surface area contributed by atoms with Crippen LogP contribution in [0.5, 0.6) is 0 Å². The van der Waals surface area contributed by atoms with E-state index >= 15 is 0 Å². The minimum absolute atomic E-state index is 0.150. The molecule has 0 spiro atoms. The van der Waals surface area contributed by atoms with E-state index in [4.69, 9.17) is 9.47 Å². The quantitative estimate of drug-likeness (QED) is 0.513. The van der Waals surface area contributed by atoms with E-state index in [0.29, 0.717) is 11.9 Å². The lowest BCUT2D eigenvalue weighted by Gasteiger charge is -2.20. The lowest BCUT2D eigenvalue weighted by molar-refractivity contribution is -0.110. The Kier molecular flexibility index (Phi) is 7.25. The molecule has 0 aromatic heterocycles. The van der Waals surface area contributed by atoms with Crippen LogP contribution in [-0.2, 0) is 20.3 Å². The summed E-state index contributed by atoms with van der Waals surface area (Å²) in [7, 11) is 0.986. The molecule has 1 rings (SSSR count). The first-order chi connectivity index (χ1) is 7.74. The molecule has 16 heavy (non-hydrogen) atoms. The predicted molar refractivity (Wildman–Crippen MR) is 66.9 cm³/mol. The summed E-state index contributed by atoms with van der Waals surface area (Å²) in [6.45, 7) is 2.52. The molecule has 1 fully saturated rings. The van der Waals surface area contributed by atoms with Crippen molar-refractivity contribution in [2.45, 2.75) is 57.0 Å². The van der Waals surface area contributed by atoms with Crippen molar-refractivity contribution in [2.75, 3.05) is 19.5 Å². The highest BCUT2D eigenvalue weighted by Gasteiger charge is 2.19. The number of rotatable bonds is 7. The van der Waals surface area contributed by atoms with Crippen LogP contribution in [0, 0.1) is 0 Å². The highest BCUT2D eigenvalue weighted by atomic mass is 32.2. The monoisotopic (exact) mass is 248 g/mol. The number of hydrogen-bond acceptors (Lipinski definition) is 3. The third-order valence-electron chi connectivity index (χ3n) is 3.10. The van der Waals surface area contributed by atoms with Crippen LogP contribution in [0.1, 0.15) is 45.4 Å². The summed E-state index contributed by atoms with van der Waals surface area (Å²) >= 11 is 0.